The summed E-state index contributed by atoms with van der Waals surface area (Å²) in [4.78, 5) is 34.9. The molecule has 1 unspecified atom stereocenters. The molecule has 53 heavy (non-hydrogen) atoms. The highest BCUT2D eigenvalue weighted by Gasteiger charge is 2.64. The first-order valence-corrected chi connectivity index (χ1v) is 18.9. The highest BCUT2D eigenvalue weighted by Crippen LogP contribution is 2.59. The summed E-state index contributed by atoms with van der Waals surface area (Å²) in [5.41, 5.74) is -0.410. The molecule has 4 saturated heterocycles. The maximum Gasteiger partial charge on any atom is 0.410 e. The first-order valence-electron chi connectivity index (χ1n) is 18.9. The molecule has 2 bridgehead atoms. The van der Waals surface area contributed by atoms with Crippen molar-refractivity contribution in [3.8, 4) is 35.5 Å². The van der Waals surface area contributed by atoms with E-state index in [0.717, 1.165) is 38.8 Å². The lowest BCUT2D eigenvalue weighted by molar-refractivity contribution is 0.000934. The number of nitrogens with zero attached hydrogens (tertiary/aromatic N) is 6. The number of fused-ring (bicyclic) bond motifs is 9. The van der Waals surface area contributed by atoms with Crippen LogP contribution in [-0.4, -0.2) is 92.5 Å². The number of aromatic nitrogens is 3. The minimum atomic E-state index is -0.703. The van der Waals surface area contributed by atoms with Gasteiger partial charge in [-0.05, 0) is 89.6 Å². The zero-order chi connectivity index (χ0) is 36.6. The van der Waals surface area contributed by atoms with Gasteiger partial charge in [0.25, 0.3) is 0 Å². The van der Waals surface area contributed by atoms with Crippen LogP contribution < -0.4 is 14.4 Å². The maximum absolute atomic E-state index is 17.4. The van der Waals surface area contributed by atoms with E-state index in [9.17, 15) is 4.79 Å². The Morgan fingerprint density at radius 2 is 1.96 bits per heavy atom. The summed E-state index contributed by atoms with van der Waals surface area (Å²) in [5.74, 6) is 3.12. The Morgan fingerprint density at radius 3 is 2.77 bits per heavy atom. The quantitative estimate of drug-likeness (QED) is 0.214. The number of ether oxygens (including phenoxy) is 3. The molecule has 7 atom stereocenters. The van der Waals surface area contributed by atoms with Crippen molar-refractivity contribution in [3.05, 3.63) is 47.5 Å². The summed E-state index contributed by atoms with van der Waals surface area (Å²) in [5, 5.41) is 1.37. The second kappa shape index (κ2) is 11.4. The van der Waals surface area contributed by atoms with Crippen LogP contribution in [-0.2, 0) is 4.74 Å². The van der Waals surface area contributed by atoms with Gasteiger partial charge in [0.15, 0.2) is 5.82 Å². The summed E-state index contributed by atoms with van der Waals surface area (Å²) in [6, 6.07) is 7.55. The number of rotatable bonds is 4. The summed E-state index contributed by atoms with van der Waals surface area (Å²) in [6.45, 7) is 10.6. The predicted molar refractivity (Wildman–Crippen MR) is 195 cm³/mol. The van der Waals surface area contributed by atoms with E-state index in [1.54, 1.807) is 24.3 Å². The van der Waals surface area contributed by atoms with Gasteiger partial charge < -0.3 is 19.1 Å². The molecular weight excluding hydrogens is 678 g/mol. The molecule has 0 spiro atoms. The van der Waals surface area contributed by atoms with E-state index in [4.69, 9.17) is 35.6 Å². The Bertz CT molecular complexity index is 2270. The number of terminal acetylenes is 1. The van der Waals surface area contributed by atoms with Gasteiger partial charge in [0.1, 0.15) is 46.5 Å². The molecule has 4 aromatic rings. The Hall–Kier alpha value is -4.76. The third-order valence-corrected chi connectivity index (χ3v) is 12.7. The smallest absolute Gasteiger partial charge is 0.410 e. The molecule has 5 fully saturated rings. The summed E-state index contributed by atoms with van der Waals surface area (Å²) in [7, 11) is 0. The monoisotopic (exact) mass is 720 g/mol. The molecule has 6 aliphatic rings. The third kappa shape index (κ3) is 4.85. The molecule has 12 heteroatoms. The minimum Gasteiger partial charge on any atom is -0.472 e. The molecular formula is C41H42F2N6O4. The SMILES string of the molecule is C#Cc1c(F)ccc2cccc(-c3nc4c5c(nc(OCC67CCCN6C[C@@H]6C[C@@H]67)nc5c3F)N3C[C@H]5CC[C@@H]([C@H]3[C@H](C)O4)N5C(=O)OC(C)(C)C)c12. The fourth-order valence-corrected chi connectivity index (χ4v) is 10.5. The van der Waals surface area contributed by atoms with Gasteiger partial charge in [0, 0.05) is 24.0 Å². The first kappa shape index (κ1) is 32.9. The average molecular weight is 721 g/mol. The van der Waals surface area contributed by atoms with Crippen LogP contribution in [0.2, 0.25) is 0 Å². The van der Waals surface area contributed by atoms with Gasteiger partial charge in [0.2, 0.25) is 5.88 Å². The number of hydrogen-bond donors (Lipinski definition) is 0. The molecule has 1 aliphatic carbocycles. The van der Waals surface area contributed by atoms with Crippen LogP contribution in [0.25, 0.3) is 32.9 Å². The molecule has 2 aromatic carbocycles. The van der Waals surface area contributed by atoms with E-state index in [1.807, 2.05) is 32.6 Å². The molecule has 10 nitrogen and oxygen atoms in total. The van der Waals surface area contributed by atoms with E-state index in [-0.39, 0.29) is 58.4 Å². The topological polar surface area (TPSA) is 93.2 Å². The van der Waals surface area contributed by atoms with E-state index in [0.29, 0.717) is 52.5 Å². The van der Waals surface area contributed by atoms with Crippen LogP contribution in [0.15, 0.2) is 30.3 Å². The van der Waals surface area contributed by atoms with E-state index >= 15 is 8.78 Å². The number of pyridine rings is 1. The van der Waals surface area contributed by atoms with Crippen LogP contribution in [0.4, 0.5) is 19.4 Å². The molecule has 2 aromatic heterocycles. The van der Waals surface area contributed by atoms with Crippen LogP contribution in [0.3, 0.4) is 0 Å². The number of anilines is 1. The van der Waals surface area contributed by atoms with Crippen molar-refractivity contribution >= 4 is 33.6 Å². The largest absolute Gasteiger partial charge is 0.472 e. The van der Waals surface area contributed by atoms with Crippen molar-refractivity contribution < 1.29 is 27.8 Å². The fourth-order valence-electron chi connectivity index (χ4n) is 10.5. The summed E-state index contributed by atoms with van der Waals surface area (Å²) >= 11 is 0. The van der Waals surface area contributed by atoms with Gasteiger partial charge in [-0.25, -0.2) is 18.6 Å². The van der Waals surface area contributed by atoms with Gasteiger partial charge in [0.05, 0.1) is 29.2 Å². The molecule has 1 saturated carbocycles. The molecule has 0 N–H and O–H groups in total. The number of piperazine rings is 1. The zero-order valence-electron chi connectivity index (χ0n) is 30.4. The lowest BCUT2D eigenvalue weighted by atomic mass is 9.92. The summed E-state index contributed by atoms with van der Waals surface area (Å²) in [6.07, 6.45) is 9.89. The number of benzene rings is 2. The number of carbonyl (C=O) groups is 1. The predicted octanol–water partition coefficient (Wildman–Crippen LogP) is 6.71. The Labute approximate surface area is 306 Å². The van der Waals surface area contributed by atoms with Crippen LogP contribution >= 0.6 is 0 Å². The Balaban J connectivity index is 1.14. The normalized spacial score (nSPS) is 29.7. The van der Waals surface area contributed by atoms with Crippen molar-refractivity contribution in [3.63, 3.8) is 0 Å². The number of halogens is 2. The average Bonchev–Trinajstić information content (AvgIpc) is 3.56. The van der Waals surface area contributed by atoms with Gasteiger partial charge in [-0.15, -0.1) is 6.42 Å². The zero-order valence-corrected chi connectivity index (χ0v) is 30.4. The van der Waals surface area contributed by atoms with Crippen molar-refractivity contribution in [2.45, 2.75) is 95.2 Å². The van der Waals surface area contributed by atoms with Crippen molar-refractivity contribution in [1.29, 1.82) is 0 Å². The van der Waals surface area contributed by atoms with E-state index in [1.165, 1.54) is 12.5 Å². The van der Waals surface area contributed by atoms with E-state index < -0.39 is 23.3 Å². The Kier molecular flexibility index (Phi) is 7.05. The van der Waals surface area contributed by atoms with Crippen LogP contribution in [0, 0.1) is 35.8 Å². The lowest BCUT2D eigenvalue weighted by Crippen LogP contribution is -2.65. The number of amides is 1. The molecule has 1 amide bonds. The molecule has 7 heterocycles. The van der Waals surface area contributed by atoms with Gasteiger partial charge >= 0.3 is 12.1 Å². The lowest BCUT2D eigenvalue weighted by Gasteiger charge is -2.48. The minimum absolute atomic E-state index is 0.00642. The number of piperidine rings is 1. The van der Waals surface area contributed by atoms with Crippen molar-refractivity contribution in [2.24, 2.45) is 11.8 Å². The first-order chi connectivity index (χ1) is 25.5. The molecule has 5 aliphatic heterocycles. The third-order valence-electron chi connectivity index (χ3n) is 12.7. The van der Waals surface area contributed by atoms with Gasteiger partial charge in [-0.3, -0.25) is 9.80 Å². The molecule has 274 valence electrons. The number of hydrogen-bond acceptors (Lipinski definition) is 9. The molecule has 0 radical (unpaired) electrons. The Morgan fingerprint density at radius 1 is 1.11 bits per heavy atom. The maximum atomic E-state index is 17.4. The van der Waals surface area contributed by atoms with E-state index in [2.05, 4.69) is 15.7 Å². The highest BCUT2D eigenvalue weighted by molar-refractivity contribution is 6.03. The number of carbonyl (C=O) groups excluding carboxylic acids is 1. The van der Waals surface area contributed by atoms with Crippen molar-refractivity contribution in [1.82, 2.24) is 24.8 Å². The van der Waals surface area contributed by atoms with Gasteiger partial charge in [-0.2, -0.15) is 9.97 Å². The standard InChI is InChI=1S/C41H42F2N6O4/c1-6-25-28(42)13-11-22-9-7-10-26(30(22)25)33-32(43)34-31-36(46-38(45-34)51-20-41-15-8-16-47(41)18-23-17-27(23)41)48-19-24-12-14-29(35(48)21(2)52-37(31)44-33)49(24)39(50)53-40(3,4)5/h1,7,9-11,13,21,23-24,27,29,35H,8,12,14-20H2,2-5H3/t21-,23-,24+,27-,29-,35+,41?/m0/s1. The highest BCUT2D eigenvalue weighted by atomic mass is 19.1. The molecule has 10 rings (SSSR count). The summed E-state index contributed by atoms with van der Waals surface area (Å²) < 4.78 is 51.7. The van der Waals surface area contributed by atoms with Crippen LogP contribution in [0.5, 0.6) is 11.9 Å². The second-order valence-corrected chi connectivity index (χ2v) is 16.8. The second-order valence-electron chi connectivity index (χ2n) is 16.8. The van der Waals surface area contributed by atoms with Gasteiger partial charge in [-0.1, -0.05) is 30.2 Å². The van der Waals surface area contributed by atoms with Crippen LogP contribution in [0.1, 0.15) is 65.4 Å². The fraction of sp³-hybridized carbons (Fsp3) is 0.512. The van der Waals surface area contributed by atoms with Crippen molar-refractivity contribution in [2.75, 3.05) is 31.1 Å².